The van der Waals surface area contributed by atoms with E-state index in [1.807, 2.05) is 13.8 Å². The lowest BCUT2D eigenvalue weighted by Crippen LogP contribution is -2.33. The molecule has 0 aromatic carbocycles. The lowest BCUT2D eigenvalue weighted by Gasteiger charge is -2.08. The maximum absolute atomic E-state index is 12.1. The van der Waals surface area contributed by atoms with Crippen molar-refractivity contribution in [1.82, 2.24) is 29.9 Å². The summed E-state index contributed by atoms with van der Waals surface area (Å²) in [6.07, 6.45) is 0. The average molecular weight is 386 g/mol. The lowest BCUT2D eigenvalue weighted by atomic mass is 10.3. The highest BCUT2D eigenvalue weighted by Gasteiger charge is 2.12. The molecule has 9 nitrogen and oxygen atoms in total. The van der Waals surface area contributed by atoms with Gasteiger partial charge in [0.1, 0.15) is 11.4 Å². The number of carbonyl (C=O) groups is 1. The van der Waals surface area contributed by atoms with Gasteiger partial charge in [-0.3, -0.25) is 14.4 Å². The zero-order chi connectivity index (χ0) is 19.6. The van der Waals surface area contributed by atoms with Crippen molar-refractivity contribution in [1.29, 1.82) is 0 Å². The second-order valence-electron chi connectivity index (χ2n) is 5.86. The summed E-state index contributed by atoms with van der Waals surface area (Å²) in [5, 5.41) is 11.9. The van der Waals surface area contributed by atoms with E-state index in [0.717, 1.165) is 20.3 Å². The minimum absolute atomic E-state index is 0.127. The minimum atomic E-state index is -0.427. The number of aryl methyl sites for hydroxylation is 3. The van der Waals surface area contributed by atoms with Crippen LogP contribution in [0.1, 0.15) is 21.2 Å². The van der Waals surface area contributed by atoms with E-state index >= 15 is 0 Å². The summed E-state index contributed by atoms with van der Waals surface area (Å²) in [4.78, 5) is 40.8. The van der Waals surface area contributed by atoms with Crippen molar-refractivity contribution in [3.05, 3.63) is 61.4 Å². The molecule has 27 heavy (non-hydrogen) atoms. The van der Waals surface area contributed by atoms with Gasteiger partial charge in [0.05, 0.1) is 22.1 Å². The maximum Gasteiger partial charge on any atom is 0.271 e. The third kappa shape index (κ3) is 4.17. The van der Waals surface area contributed by atoms with Gasteiger partial charge in [-0.15, -0.1) is 11.3 Å². The van der Waals surface area contributed by atoms with Crippen LogP contribution in [0.2, 0.25) is 0 Å². The van der Waals surface area contributed by atoms with Crippen LogP contribution in [-0.2, 0) is 13.6 Å². The maximum atomic E-state index is 12.1. The highest BCUT2D eigenvalue weighted by molar-refractivity contribution is 7.15. The molecule has 0 unspecified atom stereocenters. The van der Waals surface area contributed by atoms with E-state index < -0.39 is 5.91 Å². The van der Waals surface area contributed by atoms with Gasteiger partial charge in [0, 0.05) is 25.7 Å². The van der Waals surface area contributed by atoms with Crippen molar-refractivity contribution in [3.63, 3.8) is 0 Å². The largest absolute Gasteiger partial charge is 0.349 e. The van der Waals surface area contributed by atoms with Gasteiger partial charge in [-0.05, 0) is 26.0 Å². The van der Waals surface area contributed by atoms with Crippen LogP contribution >= 0.6 is 11.3 Å². The van der Waals surface area contributed by atoms with Crippen molar-refractivity contribution in [3.8, 4) is 10.6 Å². The predicted molar refractivity (Wildman–Crippen MR) is 101 cm³/mol. The molecule has 3 aromatic heterocycles. The molecule has 3 heterocycles. The number of amides is 1. The van der Waals surface area contributed by atoms with Gasteiger partial charge in [0.2, 0.25) is 0 Å². The Morgan fingerprint density at radius 1 is 1.11 bits per heavy atom. The molecular formula is C17H18N6O3S. The van der Waals surface area contributed by atoms with Crippen LogP contribution in [0.15, 0.2) is 33.9 Å². The summed E-state index contributed by atoms with van der Waals surface area (Å²) >= 11 is 1.52. The number of rotatable bonds is 5. The number of thiazole rings is 1. The van der Waals surface area contributed by atoms with Crippen LogP contribution in [0.5, 0.6) is 0 Å². The third-order valence-electron chi connectivity index (χ3n) is 3.81. The fraction of sp³-hybridized carbons (Fsp3) is 0.294. The lowest BCUT2D eigenvalue weighted by molar-refractivity contribution is 0.0944. The van der Waals surface area contributed by atoms with Gasteiger partial charge < -0.3 is 5.32 Å². The molecule has 0 aliphatic carbocycles. The molecule has 0 radical (unpaired) electrons. The third-order valence-corrected chi connectivity index (χ3v) is 4.90. The first-order valence-electron chi connectivity index (χ1n) is 8.20. The molecule has 0 fully saturated rings. The summed E-state index contributed by atoms with van der Waals surface area (Å²) in [5.74, 6) is -0.427. The van der Waals surface area contributed by atoms with Gasteiger partial charge >= 0.3 is 0 Å². The van der Waals surface area contributed by atoms with E-state index in [-0.39, 0.29) is 29.9 Å². The van der Waals surface area contributed by atoms with E-state index in [0.29, 0.717) is 5.69 Å². The van der Waals surface area contributed by atoms with E-state index in [1.54, 1.807) is 6.07 Å². The van der Waals surface area contributed by atoms with Crippen LogP contribution in [0, 0.1) is 13.8 Å². The SMILES string of the molecule is Cc1nc(C)c(-c2ccc(=O)n(CCNC(=O)c3ccc(=O)n(C)n3)n2)s1. The number of hydrogen-bond acceptors (Lipinski definition) is 7. The minimum Gasteiger partial charge on any atom is -0.349 e. The molecule has 0 saturated carbocycles. The Bertz CT molecular complexity index is 1110. The summed E-state index contributed by atoms with van der Waals surface area (Å²) in [5.41, 5.74) is 1.11. The van der Waals surface area contributed by atoms with Gasteiger partial charge in [0.25, 0.3) is 17.0 Å². The van der Waals surface area contributed by atoms with E-state index in [9.17, 15) is 14.4 Å². The van der Waals surface area contributed by atoms with Crippen molar-refractivity contribution < 1.29 is 4.79 Å². The van der Waals surface area contributed by atoms with Gasteiger partial charge in [-0.1, -0.05) is 0 Å². The first kappa shape index (κ1) is 18.6. The molecule has 0 aliphatic heterocycles. The Labute approximate surface area is 158 Å². The van der Waals surface area contributed by atoms with Crippen molar-refractivity contribution >= 4 is 17.2 Å². The Kier molecular flexibility index (Phi) is 5.26. The Balaban J connectivity index is 1.70. The van der Waals surface area contributed by atoms with E-state index in [2.05, 4.69) is 20.5 Å². The van der Waals surface area contributed by atoms with E-state index in [1.165, 1.54) is 41.3 Å². The number of hydrogen-bond donors (Lipinski definition) is 1. The van der Waals surface area contributed by atoms with Crippen molar-refractivity contribution in [2.24, 2.45) is 7.05 Å². The van der Waals surface area contributed by atoms with Gasteiger partial charge in [-0.2, -0.15) is 10.2 Å². The molecule has 3 aromatic rings. The second kappa shape index (κ2) is 7.62. The molecule has 0 saturated heterocycles. The number of aromatic nitrogens is 5. The Morgan fingerprint density at radius 2 is 1.85 bits per heavy atom. The first-order chi connectivity index (χ1) is 12.8. The molecule has 0 bridgehead atoms. The molecule has 3 rings (SSSR count). The first-order valence-corrected chi connectivity index (χ1v) is 9.02. The quantitative estimate of drug-likeness (QED) is 0.684. The fourth-order valence-electron chi connectivity index (χ4n) is 2.49. The number of carbonyl (C=O) groups excluding carboxylic acids is 1. The van der Waals surface area contributed by atoms with Crippen molar-refractivity contribution in [2.45, 2.75) is 20.4 Å². The summed E-state index contributed by atoms with van der Waals surface area (Å²) in [7, 11) is 1.47. The van der Waals surface area contributed by atoms with Crippen LogP contribution < -0.4 is 16.4 Å². The number of nitrogens with one attached hydrogen (secondary N) is 1. The molecular weight excluding hydrogens is 368 g/mol. The van der Waals surface area contributed by atoms with Gasteiger partial charge in [-0.25, -0.2) is 14.3 Å². The second-order valence-corrected chi connectivity index (χ2v) is 7.07. The molecule has 0 atom stereocenters. The van der Waals surface area contributed by atoms with Crippen LogP contribution in [0.4, 0.5) is 0 Å². The summed E-state index contributed by atoms with van der Waals surface area (Å²) in [6.45, 7) is 4.22. The Morgan fingerprint density at radius 3 is 2.52 bits per heavy atom. The zero-order valence-corrected chi connectivity index (χ0v) is 15.9. The molecule has 1 N–H and O–H groups in total. The normalized spacial score (nSPS) is 10.8. The topological polar surface area (TPSA) is 112 Å². The van der Waals surface area contributed by atoms with Crippen LogP contribution in [-0.4, -0.2) is 37.0 Å². The Hall–Kier alpha value is -3.14. The summed E-state index contributed by atoms with van der Waals surface area (Å²) in [6, 6.07) is 5.76. The molecule has 0 spiro atoms. The summed E-state index contributed by atoms with van der Waals surface area (Å²) < 4.78 is 2.39. The van der Waals surface area contributed by atoms with E-state index in [4.69, 9.17) is 0 Å². The number of nitrogens with zero attached hydrogens (tertiary/aromatic N) is 5. The molecule has 1 amide bonds. The van der Waals surface area contributed by atoms with Crippen molar-refractivity contribution in [2.75, 3.05) is 6.54 Å². The van der Waals surface area contributed by atoms with Crippen LogP contribution in [0.3, 0.4) is 0 Å². The molecule has 140 valence electrons. The standard InChI is InChI=1S/C17H18N6O3S/c1-10-16(27-11(2)19-10)12-4-7-15(25)23(21-12)9-8-18-17(26)13-5-6-14(24)22(3)20-13/h4-7H,8-9H2,1-3H3,(H,18,26). The average Bonchev–Trinajstić information content (AvgIpc) is 2.97. The fourth-order valence-corrected chi connectivity index (χ4v) is 3.37. The van der Waals surface area contributed by atoms with Crippen LogP contribution in [0.25, 0.3) is 10.6 Å². The zero-order valence-electron chi connectivity index (χ0n) is 15.1. The predicted octanol–water partition coefficient (Wildman–Crippen LogP) is 0.507. The highest BCUT2D eigenvalue weighted by atomic mass is 32.1. The smallest absolute Gasteiger partial charge is 0.271 e. The van der Waals surface area contributed by atoms with Gasteiger partial charge in [0.15, 0.2) is 0 Å². The molecule has 10 heteroatoms. The monoisotopic (exact) mass is 386 g/mol. The highest BCUT2D eigenvalue weighted by Crippen LogP contribution is 2.27. The molecule has 0 aliphatic rings.